The van der Waals surface area contributed by atoms with Crippen LogP contribution >= 0.6 is 0 Å². The Morgan fingerprint density at radius 3 is 2.48 bits per heavy atom. The quantitative estimate of drug-likeness (QED) is 0.439. The van der Waals surface area contributed by atoms with Gasteiger partial charge < -0.3 is 9.47 Å². The maximum Gasteiger partial charge on any atom is 0.343 e. The third-order valence-corrected chi connectivity index (χ3v) is 4.96. The van der Waals surface area contributed by atoms with E-state index in [2.05, 4.69) is 13.8 Å². The van der Waals surface area contributed by atoms with E-state index in [0.717, 1.165) is 42.0 Å². The van der Waals surface area contributed by atoms with E-state index in [4.69, 9.17) is 9.47 Å². The highest BCUT2D eigenvalue weighted by Gasteiger charge is 2.39. The number of methoxy groups -OCH3 is 1. The maximum absolute atomic E-state index is 13.0. The van der Waals surface area contributed by atoms with Gasteiger partial charge in [0.25, 0.3) is 0 Å². The molecule has 2 aromatic rings. The molecule has 2 aromatic carbocycles. The minimum absolute atomic E-state index is 0.0523. The van der Waals surface area contributed by atoms with Crippen molar-refractivity contribution >= 4 is 16.7 Å². The molecule has 0 amide bonds. The van der Waals surface area contributed by atoms with E-state index in [1.165, 1.54) is 6.42 Å². The van der Waals surface area contributed by atoms with Gasteiger partial charge in [-0.2, -0.15) is 0 Å². The van der Waals surface area contributed by atoms with E-state index in [1.54, 1.807) is 14.0 Å². The first-order valence-electron chi connectivity index (χ1n) is 9.31. The molecular weight excluding hydrogens is 312 g/mol. The number of rotatable bonds is 9. The standard InChI is InChI=1S/C22H30O3/c1-5-7-8-14-18(6-2)25-21(23)22(3,24-4)20-16-11-13-17-12-9-10-15-19(17)20/h9-13,15-16,18H,5-8,14H2,1-4H3/t18-,22-/m0/s1. The molecule has 0 aliphatic heterocycles. The molecule has 136 valence electrons. The van der Waals surface area contributed by atoms with Gasteiger partial charge in [-0.15, -0.1) is 0 Å². The zero-order valence-corrected chi connectivity index (χ0v) is 15.9. The average Bonchev–Trinajstić information content (AvgIpc) is 2.66. The van der Waals surface area contributed by atoms with E-state index in [9.17, 15) is 4.79 Å². The monoisotopic (exact) mass is 342 g/mol. The van der Waals surface area contributed by atoms with Crippen LogP contribution in [0.1, 0.15) is 58.4 Å². The molecule has 0 saturated carbocycles. The highest BCUT2D eigenvalue weighted by atomic mass is 16.6. The first-order chi connectivity index (χ1) is 12.1. The van der Waals surface area contributed by atoms with Crippen molar-refractivity contribution in [3.8, 4) is 0 Å². The third kappa shape index (κ3) is 4.40. The summed E-state index contributed by atoms with van der Waals surface area (Å²) < 4.78 is 11.5. The van der Waals surface area contributed by atoms with Gasteiger partial charge in [-0.05, 0) is 37.0 Å². The van der Waals surface area contributed by atoms with Crippen molar-refractivity contribution in [3.63, 3.8) is 0 Å². The molecule has 3 nitrogen and oxygen atoms in total. The van der Waals surface area contributed by atoms with Crippen molar-refractivity contribution in [2.75, 3.05) is 7.11 Å². The Labute approximate surface area is 151 Å². The second kappa shape index (κ2) is 9.00. The zero-order chi connectivity index (χ0) is 18.3. The number of benzene rings is 2. The van der Waals surface area contributed by atoms with Crippen LogP contribution in [0.2, 0.25) is 0 Å². The molecule has 25 heavy (non-hydrogen) atoms. The number of fused-ring (bicyclic) bond motifs is 1. The van der Waals surface area contributed by atoms with Gasteiger partial charge in [-0.25, -0.2) is 4.79 Å². The summed E-state index contributed by atoms with van der Waals surface area (Å²) in [5.41, 5.74) is -0.263. The number of ether oxygens (including phenoxy) is 2. The second-order valence-corrected chi connectivity index (χ2v) is 6.70. The summed E-state index contributed by atoms with van der Waals surface area (Å²) in [5, 5.41) is 2.11. The lowest BCUT2D eigenvalue weighted by atomic mass is 9.90. The molecule has 0 aliphatic carbocycles. The molecule has 0 fully saturated rings. The summed E-state index contributed by atoms with van der Waals surface area (Å²) in [6, 6.07) is 14.0. The molecule has 0 heterocycles. The van der Waals surface area contributed by atoms with Gasteiger partial charge in [0, 0.05) is 12.7 Å². The SMILES string of the molecule is CCCCC[C@H](CC)OC(=O)[C@@](C)(OC)c1cccc2ccccc12. The zero-order valence-electron chi connectivity index (χ0n) is 15.9. The Balaban J connectivity index is 2.27. The fourth-order valence-electron chi connectivity index (χ4n) is 3.18. The van der Waals surface area contributed by atoms with Crippen molar-refractivity contribution in [2.45, 2.75) is 64.6 Å². The normalized spacial score (nSPS) is 14.9. The summed E-state index contributed by atoms with van der Waals surface area (Å²) in [7, 11) is 1.57. The van der Waals surface area contributed by atoms with Crippen molar-refractivity contribution in [1.82, 2.24) is 0 Å². The predicted molar refractivity (Wildman–Crippen MR) is 103 cm³/mol. The van der Waals surface area contributed by atoms with Crippen LogP contribution in [0.25, 0.3) is 10.8 Å². The fourth-order valence-corrected chi connectivity index (χ4v) is 3.18. The lowest BCUT2D eigenvalue weighted by Gasteiger charge is -2.30. The van der Waals surface area contributed by atoms with Crippen LogP contribution < -0.4 is 0 Å². The minimum atomic E-state index is -1.11. The Morgan fingerprint density at radius 1 is 1.08 bits per heavy atom. The molecule has 2 rings (SSSR count). The summed E-state index contributed by atoms with van der Waals surface area (Å²) in [6.45, 7) is 6.04. The van der Waals surface area contributed by atoms with Gasteiger partial charge in [-0.1, -0.05) is 69.2 Å². The Hall–Kier alpha value is -1.87. The lowest BCUT2D eigenvalue weighted by Crippen LogP contribution is -2.38. The van der Waals surface area contributed by atoms with Crippen LogP contribution in [0.5, 0.6) is 0 Å². The van der Waals surface area contributed by atoms with Crippen LogP contribution in [-0.4, -0.2) is 19.2 Å². The largest absolute Gasteiger partial charge is 0.460 e. The smallest absolute Gasteiger partial charge is 0.343 e. The predicted octanol–water partition coefficient (Wildman–Crippen LogP) is 5.60. The van der Waals surface area contributed by atoms with Gasteiger partial charge in [0.15, 0.2) is 5.60 Å². The highest BCUT2D eigenvalue weighted by molar-refractivity contribution is 5.92. The van der Waals surface area contributed by atoms with Crippen LogP contribution in [0.4, 0.5) is 0 Å². The van der Waals surface area contributed by atoms with E-state index in [0.29, 0.717) is 0 Å². The molecule has 2 atom stereocenters. The third-order valence-electron chi connectivity index (χ3n) is 4.96. The van der Waals surface area contributed by atoms with Gasteiger partial charge in [0.2, 0.25) is 0 Å². The van der Waals surface area contributed by atoms with Crippen molar-refractivity contribution < 1.29 is 14.3 Å². The van der Waals surface area contributed by atoms with Gasteiger partial charge >= 0.3 is 5.97 Å². The van der Waals surface area contributed by atoms with Gasteiger partial charge in [-0.3, -0.25) is 0 Å². The first-order valence-corrected chi connectivity index (χ1v) is 9.31. The highest BCUT2D eigenvalue weighted by Crippen LogP contribution is 2.33. The summed E-state index contributed by atoms with van der Waals surface area (Å²) >= 11 is 0. The lowest BCUT2D eigenvalue weighted by molar-refractivity contribution is -0.174. The molecule has 3 heteroatoms. The summed E-state index contributed by atoms with van der Waals surface area (Å²) in [5.74, 6) is -0.310. The molecule has 0 saturated heterocycles. The number of hydrogen-bond donors (Lipinski definition) is 0. The van der Waals surface area contributed by atoms with E-state index < -0.39 is 5.60 Å². The fraction of sp³-hybridized carbons (Fsp3) is 0.500. The van der Waals surface area contributed by atoms with E-state index >= 15 is 0 Å². The minimum Gasteiger partial charge on any atom is -0.460 e. The van der Waals surface area contributed by atoms with E-state index in [1.807, 2.05) is 42.5 Å². The number of hydrogen-bond acceptors (Lipinski definition) is 3. The summed E-state index contributed by atoms with van der Waals surface area (Å²) in [6.07, 6.45) is 5.09. The van der Waals surface area contributed by atoms with Crippen LogP contribution in [0.15, 0.2) is 42.5 Å². The number of esters is 1. The van der Waals surface area contributed by atoms with Crippen LogP contribution in [0, 0.1) is 0 Å². The molecule has 0 N–H and O–H groups in total. The van der Waals surface area contributed by atoms with Crippen molar-refractivity contribution in [2.24, 2.45) is 0 Å². The van der Waals surface area contributed by atoms with Crippen LogP contribution in [0.3, 0.4) is 0 Å². The Morgan fingerprint density at radius 2 is 1.80 bits per heavy atom. The van der Waals surface area contributed by atoms with Crippen molar-refractivity contribution in [1.29, 1.82) is 0 Å². The molecule has 0 aromatic heterocycles. The average molecular weight is 342 g/mol. The number of unbranched alkanes of at least 4 members (excludes halogenated alkanes) is 2. The second-order valence-electron chi connectivity index (χ2n) is 6.70. The maximum atomic E-state index is 13.0. The molecule has 0 spiro atoms. The molecule has 0 bridgehead atoms. The molecular formula is C22H30O3. The number of carbonyl (C=O) groups is 1. The Bertz CT molecular complexity index is 689. The van der Waals surface area contributed by atoms with E-state index in [-0.39, 0.29) is 12.1 Å². The molecule has 0 unspecified atom stereocenters. The van der Waals surface area contributed by atoms with Gasteiger partial charge in [0.1, 0.15) is 6.10 Å². The topological polar surface area (TPSA) is 35.5 Å². The van der Waals surface area contributed by atoms with Crippen LogP contribution in [-0.2, 0) is 19.9 Å². The number of carbonyl (C=O) groups excluding carboxylic acids is 1. The summed E-state index contributed by atoms with van der Waals surface area (Å²) in [4.78, 5) is 13.0. The Kier molecular flexibility index (Phi) is 7.01. The van der Waals surface area contributed by atoms with Crippen molar-refractivity contribution in [3.05, 3.63) is 48.0 Å². The molecule has 0 aliphatic rings. The molecule has 0 radical (unpaired) electrons. The first kappa shape index (κ1) is 19.5. The van der Waals surface area contributed by atoms with Gasteiger partial charge in [0.05, 0.1) is 0 Å².